The molecule has 0 aromatic carbocycles. The van der Waals surface area contributed by atoms with Crippen LogP contribution in [0, 0.1) is 0 Å². The van der Waals surface area contributed by atoms with Crippen LogP contribution in [-0.4, -0.2) is 27.8 Å². The van der Waals surface area contributed by atoms with E-state index in [9.17, 15) is 0 Å². The van der Waals surface area contributed by atoms with E-state index in [1.165, 1.54) is 0 Å². The van der Waals surface area contributed by atoms with E-state index in [0.717, 1.165) is 11.7 Å². The summed E-state index contributed by atoms with van der Waals surface area (Å²) in [6.45, 7) is 7.55. The maximum atomic E-state index is 4.18. The summed E-state index contributed by atoms with van der Waals surface area (Å²) in [5, 5.41) is 4.93. The van der Waals surface area contributed by atoms with Crippen LogP contribution in [-0.2, 0) is 0 Å². The zero-order valence-corrected chi connectivity index (χ0v) is 9.19. The predicted octanol–water partition coefficient (Wildman–Crippen LogP) is 1.89. The Kier molecular flexibility index (Phi) is 4.32. The minimum Gasteiger partial charge on any atom is -0.340 e. The summed E-state index contributed by atoms with van der Waals surface area (Å²) in [6.07, 6.45) is 3.64. The number of hydrogen-bond donors (Lipinski definition) is 2. The van der Waals surface area contributed by atoms with Crippen molar-refractivity contribution in [1.82, 2.24) is 15.3 Å². The third-order valence-corrected chi connectivity index (χ3v) is 3.23. The Bertz CT molecular complexity index is 223. The molecule has 3 nitrogen and oxygen atoms in total. The van der Waals surface area contributed by atoms with E-state index in [-0.39, 0.29) is 0 Å². The normalized spacial score (nSPS) is 15.6. The molecule has 0 amide bonds. The number of thioether (sulfide) groups is 1. The highest BCUT2D eigenvalue weighted by molar-refractivity contribution is 7.99. The molecular formula is C9H17N3S. The lowest BCUT2D eigenvalue weighted by Gasteiger charge is -2.18. The molecule has 74 valence electrons. The van der Waals surface area contributed by atoms with Crippen molar-refractivity contribution in [3.05, 3.63) is 12.4 Å². The van der Waals surface area contributed by atoms with Crippen LogP contribution in [0.2, 0.25) is 0 Å². The molecule has 1 aromatic heterocycles. The summed E-state index contributed by atoms with van der Waals surface area (Å²) >= 11 is 1.77. The molecule has 0 saturated carbocycles. The molecule has 2 N–H and O–H groups in total. The maximum Gasteiger partial charge on any atom is 0.165 e. The lowest BCUT2D eigenvalue weighted by Crippen LogP contribution is -2.33. The molecule has 1 rings (SSSR count). The van der Waals surface area contributed by atoms with Crippen LogP contribution in [0.3, 0.4) is 0 Å². The third kappa shape index (κ3) is 3.40. The number of nitrogens with zero attached hydrogens (tertiary/aromatic N) is 1. The Morgan fingerprint density at radius 3 is 2.92 bits per heavy atom. The fourth-order valence-corrected chi connectivity index (χ4v) is 1.99. The molecule has 4 heteroatoms. The van der Waals surface area contributed by atoms with Gasteiger partial charge < -0.3 is 10.3 Å². The molecular weight excluding hydrogens is 182 g/mol. The number of rotatable bonds is 5. The minimum absolute atomic E-state index is 0.514. The zero-order valence-electron chi connectivity index (χ0n) is 8.37. The van der Waals surface area contributed by atoms with Gasteiger partial charge in [0.25, 0.3) is 0 Å². The Balaban J connectivity index is 2.36. The third-order valence-electron chi connectivity index (χ3n) is 2.00. The number of nitrogens with one attached hydrogen (secondary N) is 2. The Morgan fingerprint density at radius 2 is 2.38 bits per heavy atom. The molecule has 1 aromatic rings. The van der Waals surface area contributed by atoms with Gasteiger partial charge >= 0.3 is 0 Å². The highest BCUT2D eigenvalue weighted by Gasteiger charge is 2.12. The van der Waals surface area contributed by atoms with Crippen molar-refractivity contribution in [3.8, 4) is 0 Å². The molecule has 0 aliphatic heterocycles. The number of aromatic nitrogens is 2. The Hall–Kier alpha value is -0.480. The second-order valence-electron chi connectivity index (χ2n) is 3.06. The number of H-pyrrole nitrogens is 1. The average molecular weight is 199 g/mol. The van der Waals surface area contributed by atoms with Gasteiger partial charge in [-0.15, -0.1) is 0 Å². The highest BCUT2D eigenvalue weighted by Crippen LogP contribution is 2.20. The molecule has 1 heterocycles. The SMILES string of the molecule is CCNC(C)C(C)Sc1ncc[nH]1. The first-order valence-corrected chi connectivity index (χ1v) is 5.51. The van der Waals surface area contributed by atoms with Gasteiger partial charge in [0, 0.05) is 23.7 Å². The molecule has 2 atom stereocenters. The fourth-order valence-electron chi connectivity index (χ4n) is 1.08. The molecule has 0 bridgehead atoms. The van der Waals surface area contributed by atoms with Crippen molar-refractivity contribution >= 4 is 11.8 Å². The monoisotopic (exact) mass is 199 g/mol. The van der Waals surface area contributed by atoms with Gasteiger partial charge in [-0.3, -0.25) is 0 Å². The van der Waals surface area contributed by atoms with Crippen LogP contribution in [0.5, 0.6) is 0 Å². The van der Waals surface area contributed by atoms with Gasteiger partial charge in [0.2, 0.25) is 0 Å². The van der Waals surface area contributed by atoms with E-state index in [1.807, 2.05) is 6.20 Å². The Morgan fingerprint density at radius 1 is 1.62 bits per heavy atom. The smallest absolute Gasteiger partial charge is 0.165 e. The molecule has 0 spiro atoms. The number of hydrogen-bond acceptors (Lipinski definition) is 3. The van der Waals surface area contributed by atoms with Crippen LogP contribution in [0.4, 0.5) is 0 Å². The van der Waals surface area contributed by atoms with E-state index < -0.39 is 0 Å². The van der Waals surface area contributed by atoms with Crippen LogP contribution >= 0.6 is 11.8 Å². The molecule has 0 radical (unpaired) electrons. The van der Waals surface area contributed by atoms with Crippen LogP contribution in [0.15, 0.2) is 17.6 Å². The molecule has 0 aliphatic carbocycles. The lowest BCUT2D eigenvalue weighted by atomic mass is 10.2. The van der Waals surface area contributed by atoms with E-state index in [2.05, 4.69) is 36.1 Å². The van der Waals surface area contributed by atoms with Crippen LogP contribution in [0.1, 0.15) is 20.8 Å². The standard InChI is InChI=1S/C9H17N3S/c1-4-10-7(2)8(3)13-9-11-5-6-12-9/h5-8,10H,4H2,1-3H3,(H,11,12). The highest BCUT2D eigenvalue weighted by atomic mass is 32.2. The summed E-state index contributed by atoms with van der Waals surface area (Å²) in [4.78, 5) is 7.27. The van der Waals surface area contributed by atoms with Crippen molar-refractivity contribution in [2.24, 2.45) is 0 Å². The minimum atomic E-state index is 0.514. The van der Waals surface area contributed by atoms with Crippen molar-refractivity contribution in [2.75, 3.05) is 6.54 Å². The van der Waals surface area contributed by atoms with Crippen molar-refractivity contribution in [2.45, 2.75) is 37.2 Å². The maximum absolute atomic E-state index is 4.18. The summed E-state index contributed by atoms with van der Waals surface area (Å²) in [6, 6.07) is 0.514. The van der Waals surface area contributed by atoms with E-state index >= 15 is 0 Å². The summed E-state index contributed by atoms with van der Waals surface area (Å²) in [5.41, 5.74) is 0. The first-order valence-electron chi connectivity index (χ1n) is 4.63. The molecule has 2 unspecified atom stereocenters. The second-order valence-corrected chi connectivity index (χ2v) is 4.43. The summed E-state index contributed by atoms with van der Waals surface area (Å²) < 4.78 is 0. The Labute approximate surface area is 83.7 Å². The molecule has 0 fully saturated rings. The lowest BCUT2D eigenvalue weighted by molar-refractivity contribution is 0.562. The van der Waals surface area contributed by atoms with Crippen molar-refractivity contribution in [1.29, 1.82) is 0 Å². The number of aromatic amines is 1. The predicted molar refractivity (Wildman–Crippen MR) is 57.0 cm³/mol. The largest absolute Gasteiger partial charge is 0.340 e. The van der Waals surface area contributed by atoms with E-state index in [0.29, 0.717) is 11.3 Å². The second kappa shape index (κ2) is 5.29. The fraction of sp³-hybridized carbons (Fsp3) is 0.667. The topological polar surface area (TPSA) is 40.7 Å². The van der Waals surface area contributed by atoms with Crippen LogP contribution in [0.25, 0.3) is 0 Å². The molecule has 0 aliphatic rings. The van der Waals surface area contributed by atoms with Gasteiger partial charge in [-0.1, -0.05) is 25.6 Å². The first kappa shape index (κ1) is 10.6. The van der Waals surface area contributed by atoms with Crippen molar-refractivity contribution < 1.29 is 0 Å². The molecule has 0 saturated heterocycles. The van der Waals surface area contributed by atoms with E-state index in [1.54, 1.807) is 18.0 Å². The van der Waals surface area contributed by atoms with Gasteiger partial charge in [-0.2, -0.15) is 0 Å². The van der Waals surface area contributed by atoms with E-state index in [4.69, 9.17) is 0 Å². The quantitative estimate of drug-likeness (QED) is 0.711. The summed E-state index contributed by atoms with van der Waals surface area (Å²) in [5.74, 6) is 0. The zero-order chi connectivity index (χ0) is 9.68. The van der Waals surface area contributed by atoms with Gasteiger partial charge in [0.05, 0.1) is 0 Å². The summed E-state index contributed by atoms with van der Waals surface area (Å²) in [7, 11) is 0. The van der Waals surface area contributed by atoms with Gasteiger partial charge in [0.15, 0.2) is 5.16 Å². The van der Waals surface area contributed by atoms with Gasteiger partial charge in [-0.25, -0.2) is 4.98 Å². The first-order chi connectivity index (χ1) is 6.24. The average Bonchev–Trinajstić information content (AvgIpc) is 2.57. The molecule has 13 heavy (non-hydrogen) atoms. The van der Waals surface area contributed by atoms with Gasteiger partial charge in [-0.05, 0) is 13.5 Å². The number of imidazole rings is 1. The van der Waals surface area contributed by atoms with Gasteiger partial charge in [0.1, 0.15) is 0 Å². The van der Waals surface area contributed by atoms with Crippen molar-refractivity contribution in [3.63, 3.8) is 0 Å². The van der Waals surface area contributed by atoms with Crippen LogP contribution < -0.4 is 5.32 Å².